The Morgan fingerprint density at radius 1 is 1.47 bits per heavy atom. The Bertz CT molecular complexity index is 461. The van der Waals surface area contributed by atoms with E-state index in [0.29, 0.717) is 6.54 Å². The van der Waals surface area contributed by atoms with Crippen molar-refractivity contribution in [1.29, 1.82) is 0 Å². The molecule has 0 aliphatic heterocycles. The molecule has 7 heteroatoms. The minimum Gasteiger partial charge on any atom is -0.366 e. The van der Waals surface area contributed by atoms with Crippen LogP contribution >= 0.6 is 0 Å². The molecule has 1 aromatic rings. The fourth-order valence-electron chi connectivity index (χ4n) is 1.69. The van der Waals surface area contributed by atoms with Crippen molar-refractivity contribution >= 4 is 5.91 Å². The molecule has 1 atom stereocenters. The van der Waals surface area contributed by atoms with Gasteiger partial charge in [-0.3, -0.25) is 10.1 Å². The molecule has 0 aliphatic carbocycles. The molecule has 3 N–H and O–H groups in total. The van der Waals surface area contributed by atoms with E-state index in [4.69, 9.17) is 10.5 Å². The second kappa shape index (κ2) is 6.03. The van der Waals surface area contributed by atoms with Crippen molar-refractivity contribution in [3.05, 3.63) is 34.9 Å². The summed E-state index contributed by atoms with van der Waals surface area (Å²) in [5.41, 5.74) is 4.38. The molecule has 0 aliphatic rings. The van der Waals surface area contributed by atoms with Gasteiger partial charge in [0.1, 0.15) is 6.23 Å². The lowest BCUT2D eigenvalue weighted by Gasteiger charge is -2.20. The van der Waals surface area contributed by atoms with Gasteiger partial charge in [0, 0.05) is 18.2 Å². The largest absolute Gasteiger partial charge is 0.416 e. The van der Waals surface area contributed by atoms with Crippen LogP contribution < -0.4 is 11.1 Å². The number of halogens is 3. The number of alkyl halides is 3. The summed E-state index contributed by atoms with van der Waals surface area (Å²) in [6.07, 6.45) is -5.31. The molecule has 1 amide bonds. The van der Waals surface area contributed by atoms with E-state index >= 15 is 0 Å². The van der Waals surface area contributed by atoms with Crippen molar-refractivity contribution in [3.8, 4) is 0 Å². The number of rotatable bonds is 5. The van der Waals surface area contributed by atoms with Crippen molar-refractivity contribution < 1.29 is 22.7 Å². The van der Waals surface area contributed by atoms with Crippen molar-refractivity contribution in [3.63, 3.8) is 0 Å². The highest BCUT2D eigenvalue weighted by Gasteiger charge is 2.32. The topological polar surface area (TPSA) is 64.3 Å². The lowest BCUT2D eigenvalue weighted by Crippen LogP contribution is -2.26. The first-order chi connectivity index (χ1) is 8.81. The monoisotopic (exact) mass is 276 g/mol. The second-order valence-corrected chi connectivity index (χ2v) is 3.84. The zero-order chi connectivity index (χ0) is 14.6. The van der Waals surface area contributed by atoms with Crippen LogP contribution in [0, 0.1) is 0 Å². The number of ether oxygens (including phenoxy) is 1. The van der Waals surface area contributed by atoms with Crippen molar-refractivity contribution in [2.24, 2.45) is 5.73 Å². The van der Waals surface area contributed by atoms with Crippen LogP contribution in [-0.2, 0) is 10.9 Å². The number of benzene rings is 1. The summed E-state index contributed by atoms with van der Waals surface area (Å²) >= 11 is 0. The lowest BCUT2D eigenvalue weighted by atomic mass is 10.0. The lowest BCUT2D eigenvalue weighted by molar-refractivity contribution is -0.137. The maximum atomic E-state index is 12.7. The minimum atomic E-state index is -4.49. The summed E-state index contributed by atoms with van der Waals surface area (Å²) in [6, 6.07) is 2.75. The molecule has 0 bridgehead atoms. The number of hydrogen-bond acceptors (Lipinski definition) is 3. The number of nitrogens with two attached hydrogens (primary N) is 1. The molecule has 19 heavy (non-hydrogen) atoms. The van der Waals surface area contributed by atoms with Gasteiger partial charge in [-0.1, -0.05) is 6.92 Å². The highest BCUT2D eigenvalue weighted by Crippen LogP contribution is 2.32. The quantitative estimate of drug-likeness (QED) is 0.809. The molecule has 0 aromatic heterocycles. The van der Waals surface area contributed by atoms with Crippen LogP contribution in [0.25, 0.3) is 0 Å². The van der Waals surface area contributed by atoms with E-state index in [1.54, 1.807) is 6.92 Å². The van der Waals surface area contributed by atoms with Gasteiger partial charge in [-0.2, -0.15) is 13.2 Å². The number of hydrogen-bond donors (Lipinski definition) is 2. The van der Waals surface area contributed by atoms with E-state index in [1.165, 1.54) is 7.11 Å². The van der Waals surface area contributed by atoms with Crippen LogP contribution in [0.5, 0.6) is 0 Å². The molecular weight excluding hydrogens is 261 g/mol. The van der Waals surface area contributed by atoms with Crippen LogP contribution in [0.1, 0.15) is 34.6 Å². The molecule has 0 heterocycles. The van der Waals surface area contributed by atoms with Crippen LogP contribution in [-0.4, -0.2) is 19.6 Å². The number of carbonyl (C=O) groups is 1. The van der Waals surface area contributed by atoms with E-state index in [1.807, 2.05) is 0 Å². The fraction of sp³-hybridized carbons (Fsp3) is 0.417. The number of amides is 1. The number of carbonyl (C=O) groups excluding carboxylic acids is 1. The highest BCUT2D eigenvalue weighted by molar-refractivity contribution is 5.94. The van der Waals surface area contributed by atoms with Gasteiger partial charge < -0.3 is 10.5 Å². The Kier molecular flexibility index (Phi) is 4.90. The summed E-state index contributed by atoms with van der Waals surface area (Å²) in [5.74, 6) is -0.802. The van der Waals surface area contributed by atoms with Gasteiger partial charge in [-0.05, 0) is 24.7 Å². The maximum absolute atomic E-state index is 12.7. The van der Waals surface area contributed by atoms with Crippen molar-refractivity contribution in [2.75, 3.05) is 13.7 Å². The summed E-state index contributed by atoms with van der Waals surface area (Å²) in [6.45, 7) is 2.23. The third kappa shape index (κ3) is 3.68. The van der Waals surface area contributed by atoms with Crippen molar-refractivity contribution in [1.82, 2.24) is 5.32 Å². The molecule has 4 nitrogen and oxygen atoms in total. The van der Waals surface area contributed by atoms with Gasteiger partial charge in [-0.25, -0.2) is 0 Å². The van der Waals surface area contributed by atoms with E-state index in [9.17, 15) is 18.0 Å². The molecule has 0 saturated heterocycles. The molecule has 1 aromatic carbocycles. The molecule has 0 radical (unpaired) electrons. The van der Waals surface area contributed by atoms with Gasteiger partial charge in [0.25, 0.3) is 0 Å². The molecule has 0 spiro atoms. The molecular formula is C12H15F3N2O2. The van der Waals surface area contributed by atoms with Crippen LogP contribution in [0.3, 0.4) is 0 Å². The Morgan fingerprint density at radius 3 is 2.53 bits per heavy atom. The van der Waals surface area contributed by atoms with Gasteiger partial charge in [0.05, 0.1) is 5.56 Å². The first kappa shape index (κ1) is 15.5. The Balaban J connectivity index is 3.33. The summed E-state index contributed by atoms with van der Waals surface area (Å²) in [5, 5.41) is 2.83. The fourth-order valence-corrected chi connectivity index (χ4v) is 1.69. The van der Waals surface area contributed by atoms with Crippen molar-refractivity contribution in [2.45, 2.75) is 19.3 Å². The standard InChI is InChI=1S/C12H15F3N2O2/c1-3-17-11(19-2)9-6-7(12(13,14)15)4-5-8(9)10(16)18/h4-6,11,17H,3H2,1-2H3,(H2,16,18). The zero-order valence-electron chi connectivity index (χ0n) is 10.5. The van der Waals surface area contributed by atoms with Gasteiger partial charge in [-0.15, -0.1) is 0 Å². The summed E-state index contributed by atoms with van der Waals surface area (Å²) < 4.78 is 43.1. The number of nitrogens with one attached hydrogen (secondary N) is 1. The van der Waals surface area contributed by atoms with E-state index in [-0.39, 0.29) is 11.1 Å². The highest BCUT2D eigenvalue weighted by atomic mass is 19.4. The third-order valence-electron chi connectivity index (χ3n) is 2.55. The first-order valence-electron chi connectivity index (χ1n) is 5.58. The van der Waals surface area contributed by atoms with E-state index < -0.39 is 23.9 Å². The Morgan fingerprint density at radius 2 is 2.11 bits per heavy atom. The number of methoxy groups -OCH3 is 1. The Hall–Kier alpha value is -1.60. The van der Waals surface area contributed by atoms with E-state index in [2.05, 4.69) is 5.32 Å². The Labute approximate surface area is 108 Å². The van der Waals surface area contributed by atoms with E-state index in [0.717, 1.165) is 18.2 Å². The third-order valence-corrected chi connectivity index (χ3v) is 2.55. The van der Waals surface area contributed by atoms with Gasteiger partial charge in [0.15, 0.2) is 0 Å². The molecule has 1 unspecified atom stereocenters. The van der Waals surface area contributed by atoms with Crippen LogP contribution in [0.4, 0.5) is 13.2 Å². The second-order valence-electron chi connectivity index (χ2n) is 3.84. The summed E-state index contributed by atoms with van der Waals surface area (Å²) in [4.78, 5) is 11.3. The molecule has 0 fully saturated rings. The molecule has 1 rings (SSSR count). The molecule has 106 valence electrons. The predicted octanol–water partition coefficient (Wildman–Crippen LogP) is 2.06. The minimum absolute atomic E-state index is 0.000741. The zero-order valence-corrected chi connectivity index (χ0v) is 10.5. The van der Waals surface area contributed by atoms with Gasteiger partial charge >= 0.3 is 6.18 Å². The summed E-state index contributed by atoms with van der Waals surface area (Å²) in [7, 11) is 1.33. The normalized spacial score (nSPS) is 13.3. The molecule has 0 saturated carbocycles. The maximum Gasteiger partial charge on any atom is 0.416 e. The predicted molar refractivity (Wildman–Crippen MR) is 63.4 cm³/mol. The first-order valence-corrected chi connectivity index (χ1v) is 5.58. The van der Waals surface area contributed by atoms with Crippen LogP contribution in [0.2, 0.25) is 0 Å². The smallest absolute Gasteiger partial charge is 0.366 e. The number of primary amides is 1. The van der Waals surface area contributed by atoms with Crippen LogP contribution in [0.15, 0.2) is 18.2 Å². The average molecular weight is 276 g/mol. The SMILES string of the molecule is CCNC(OC)c1cc(C(F)(F)F)ccc1C(N)=O. The average Bonchev–Trinajstić information content (AvgIpc) is 2.34. The van der Waals surface area contributed by atoms with Gasteiger partial charge in [0.2, 0.25) is 5.91 Å².